The van der Waals surface area contributed by atoms with Gasteiger partial charge in [0.25, 0.3) is 0 Å². The first-order chi connectivity index (χ1) is 2.00. The molecule has 42 valence electrons. The monoisotopic (exact) mass is 142 g/mol. The minimum atomic E-state index is -6.61. The van der Waals surface area contributed by atoms with E-state index in [9.17, 15) is 16.8 Å². The molecule has 0 amide bonds. The van der Waals surface area contributed by atoms with Gasteiger partial charge in [0.05, 0.1) is 0 Å². The van der Waals surface area contributed by atoms with Crippen molar-refractivity contribution in [1.29, 1.82) is 0 Å². The first kappa shape index (κ1) is 9.71. The molecule has 0 aromatic heterocycles. The van der Waals surface area contributed by atoms with Crippen LogP contribution in [0.1, 0.15) is 0 Å². The molecule has 0 aromatic rings. The van der Waals surface area contributed by atoms with Gasteiger partial charge in [-0.3, -0.25) is 0 Å². The molecule has 6 heteroatoms. The van der Waals surface area contributed by atoms with Gasteiger partial charge in [-0.05, 0) is 0 Å². The van der Waals surface area contributed by atoms with Crippen LogP contribution < -0.4 is 0 Å². The summed E-state index contributed by atoms with van der Waals surface area (Å²) < 4.78 is 39.3. The summed E-state index contributed by atoms with van der Waals surface area (Å²) >= 11 is 0. The van der Waals surface area contributed by atoms with E-state index >= 15 is 0 Å². The standard InChI is InChI=1S/F4HP.H2S/c1-5(2,3)4;/h5H;1H2. The smallest absolute Gasteiger partial charge is 0.197 e. The van der Waals surface area contributed by atoms with E-state index in [1.54, 1.807) is 0 Å². The second-order valence-corrected chi connectivity index (χ2v) is 1.29. The van der Waals surface area contributed by atoms with E-state index in [0.29, 0.717) is 0 Å². The van der Waals surface area contributed by atoms with Crippen LogP contribution in [0.4, 0.5) is 16.8 Å². The summed E-state index contributed by atoms with van der Waals surface area (Å²) in [4.78, 5) is 0. The van der Waals surface area contributed by atoms with Crippen LogP contribution in [0.2, 0.25) is 0 Å². The SMILES string of the molecule is F[PH](F)(F)F.S. The molecule has 0 atom stereocenters. The molecule has 6 heavy (non-hydrogen) atoms. The molecule has 0 N–H and O–H groups in total. The van der Waals surface area contributed by atoms with Gasteiger partial charge in [-0.25, -0.2) is 0 Å². The summed E-state index contributed by atoms with van der Waals surface area (Å²) in [5, 5.41) is 0. The largest absolute Gasteiger partial charge is 0.197 e. The van der Waals surface area contributed by atoms with E-state index < -0.39 is 8.51 Å². The van der Waals surface area contributed by atoms with Crippen molar-refractivity contribution >= 4 is 22.0 Å². The van der Waals surface area contributed by atoms with E-state index in [1.807, 2.05) is 0 Å². The van der Waals surface area contributed by atoms with Gasteiger partial charge in [0.15, 0.2) is 0 Å². The number of halogens is 4. The molecule has 0 aliphatic heterocycles. The van der Waals surface area contributed by atoms with Crippen molar-refractivity contribution in [3.63, 3.8) is 0 Å². The molecule has 0 nitrogen and oxygen atoms in total. The zero-order chi connectivity index (χ0) is 4.50. The fraction of sp³-hybridized carbons (Fsp3) is 0. The Labute approximate surface area is 39.8 Å². The molecule has 0 saturated heterocycles. The normalized spacial score (nSPS) is 12.7. The Morgan fingerprint density at radius 2 is 0.833 bits per heavy atom. The average molecular weight is 142 g/mol. The van der Waals surface area contributed by atoms with Crippen LogP contribution in [-0.4, -0.2) is 0 Å². The first-order valence-electron chi connectivity index (χ1n) is 0.756. The zero-order valence-electron chi connectivity index (χ0n) is 2.51. The minimum absolute atomic E-state index is 0. The average Bonchev–Trinajstić information content (AvgIpc) is 0.722. The molecule has 0 heterocycles. The maximum absolute atomic E-state index is 9.83. The topological polar surface area (TPSA) is 0 Å². The molecule has 0 spiro atoms. The molecule has 0 aromatic carbocycles. The van der Waals surface area contributed by atoms with Gasteiger partial charge in [0.2, 0.25) is 0 Å². The van der Waals surface area contributed by atoms with E-state index in [2.05, 4.69) is 0 Å². The van der Waals surface area contributed by atoms with Crippen molar-refractivity contribution in [1.82, 2.24) is 0 Å². The first-order valence-corrected chi connectivity index (χ1v) is 2.27. The van der Waals surface area contributed by atoms with Crippen LogP contribution in [0.15, 0.2) is 0 Å². The Morgan fingerprint density at radius 1 is 0.833 bits per heavy atom. The molecule has 0 aliphatic carbocycles. The third-order valence-electron chi connectivity index (χ3n) is 0. The Kier molecular flexibility index (Phi) is 4.27. The maximum Gasteiger partial charge on any atom is -0.197 e. The third-order valence-corrected chi connectivity index (χ3v) is 0. The summed E-state index contributed by atoms with van der Waals surface area (Å²) in [5.74, 6) is 0. The summed E-state index contributed by atoms with van der Waals surface area (Å²) in [5.41, 5.74) is 0. The second-order valence-electron chi connectivity index (χ2n) is 0.429. The van der Waals surface area contributed by atoms with Gasteiger partial charge < -0.3 is 0 Å². The van der Waals surface area contributed by atoms with Crippen LogP contribution in [0.25, 0.3) is 0 Å². The fourth-order valence-corrected chi connectivity index (χ4v) is 0. The van der Waals surface area contributed by atoms with Gasteiger partial charge in [0, 0.05) is 0 Å². The molecule has 0 radical (unpaired) electrons. The molecular formula is H3F4PS. The van der Waals surface area contributed by atoms with Crippen molar-refractivity contribution in [3.8, 4) is 0 Å². The summed E-state index contributed by atoms with van der Waals surface area (Å²) in [6.07, 6.45) is 0. The zero-order valence-corrected chi connectivity index (χ0v) is 4.51. The predicted octanol–water partition coefficient (Wildman–Crippen LogP) is 2.39. The van der Waals surface area contributed by atoms with Crippen molar-refractivity contribution in [3.05, 3.63) is 0 Å². The Hall–Kier alpha value is 0.500. The number of rotatable bonds is 0. The van der Waals surface area contributed by atoms with Crippen LogP contribution in [0.5, 0.6) is 0 Å². The Morgan fingerprint density at radius 3 is 0.833 bits per heavy atom. The van der Waals surface area contributed by atoms with E-state index in [4.69, 9.17) is 0 Å². The number of hydrogen-bond donors (Lipinski definition) is 0. The van der Waals surface area contributed by atoms with Gasteiger partial charge in [-0.2, -0.15) is 13.5 Å². The van der Waals surface area contributed by atoms with Crippen LogP contribution >= 0.6 is 22.0 Å². The van der Waals surface area contributed by atoms with E-state index in [0.717, 1.165) is 0 Å². The molecule has 0 unspecified atom stereocenters. The predicted molar refractivity (Wildman–Crippen MR) is 23.1 cm³/mol. The van der Waals surface area contributed by atoms with Crippen molar-refractivity contribution in [2.75, 3.05) is 0 Å². The van der Waals surface area contributed by atoms with Crippen molar-refractivity contribution in [2.24, 2.45) is 0 Å². The van der Waals surface area contributed by atoms with Crippen LogP contribution in [-0.2, 0) is 0 Å². The van der Waals surface area contributed by atoms with Crippen molar-refractivity contribution < 1.29 is 16.8 Å². The number of hydrogen-bond acceptors (Lipinski definition) is 0. The molecule has 0 bridgehead atoms. The van der Waals surface area contributed by atoms with E-state index in [-0.39, 0.29) is 13.5 Å². The van der Waals surface area contributed by atoms with Crippen LogP contribution in [0.3, 0.4) is 0 Å². The molecule has 0 saturated carbocycles. The minimum Gasteiger partial charge on any atom is -0.197 e. The molecule has 0 rings (SSSR count). The molecule has 0 fully saturated rings. The quantitative estimate of drug-likeness (QED) is 0.359. The second kappa shape index (κ2) is 2.64. The maximum atomic E-state index is 9.83. The summed E-state index contributed by atoms with van der Waals surface area (Å²) in [6.45, 7) is 0. The van der Waals surface area contributed by atoms with Gasteiger partial charge in [-0.1, -0.05) is 0 Å². The van der Waals surface area contributed by atoms with Gasteiger partial charge in [-0.15, -0.1) is 0 Å². The van der Waals surface area contributed by atoms with Crippen molar-refractivity contribution in [2.45, 2.75) is 0 Å². The van der Waals surface area contributed by atoms with Gasteiger partial charge >= 0.3 is 25.3 Å². The Balaban J connectivity index is 0. The third kappa shape index (κ3) is 221. The molecule has 0 aliphatic rings. The van der Waals surface area contributed by atoms with Crippen LogP contribution in [0, 0.1) is 0 Å². The van der Waals surface area contributed by atoms with E-state index in [1.165, 1.54) is 0 Å². The molecular weight excluding hydrogens is 139 g/mol. The summed E-state index contributed by atoms with van der Waals surface area (Å²) in [6, 6.07) is 0. The Bertz CT molecular complexity index is 23.0. The fourth-order valence-electron chi connectivity index (χ4n) is 0. The van der Waals surface area contributed by atoms with Gasteiger partial charge in [0.1, 0.15) is 0 Å². The summed E-state index contributed by atoms with van der Waals surface area (Å²) in [7, 11) is -6.61.